The summed E-state index contributed by atoms with van der Waals surface area (Å²) in [5, 5.41) is 11.4. The van der Waals surface area contributed by atoms with Gasteiger partial charge in [0, 0.05) is 0 Å². The summed E-state index contributed by atoms with van der Waals surface area (Å²) in [5.41, 5.74) is 0.452. The molecule has 0 aliphatic carbocycles. The maximum absolute atomic E-state index is 11.6. The number of rotatable bonds is 3. The Kier molecular flexibility index (Phi) is 3.51. The average molecular weight is 206 g/mol. The van der Waals surface area contributed by atoms with E-state index in [9.17, 15) is 4.79 Å². The Morgan fingerprint density at radius 3 is 2.67 bits per heavy atom. The minimum atomic E-state index is -0.465. The standard InChI is InChI=1S/C11H14N2O2/c1-7(2)10(5-12)13-11(14)9-4-8(3)15-6-9/h4,6-7,10H,1-3H3,(H,13,14). The van der Waals surface area contributed by atoms with Gasteiger partial charge in [-0.05, 0) is 18.9 Å². The zero-order valence-electron chi connectivity index (χ0n) is 9.07. The Balaban J connectivity index is 2.68. The van der Waals surface area contributed by atoms with E-state index in [0.717, 1.165) is 0 Å². The van der Waals surface area contributed by atoms with Gasteiger partial charge in [0.25, 0.3) is 5.91 Å². The Labute approximate surface area is 88.9 Å². The number of hydrogen-bond donors (Lipinski definition) is 1. The fraction of sp³-hybridized carbons (Fsp3) is 0.455. The van der Waals surface area contributed by atoms with E-state index in [2.05, 4.69) is 5.32 Å². The largest absolute Gasteiger partial charge is 0.469 e. The van der Waals surface area contributed by atoms with Crippen molar-refractivity contribution in [1.29, 1.82) is 5.26 Å². The summed E-state index contributed by atoms with van der Waals surface area (Å²) < 4.78 is 5.02. The average Bonchev–Trinajstić information content (AvgIpc) is 2.60. The van der Waals surface area contributed by atoms with Gasteiger partial charge >= 0.3 is 0 Å². The third-order valence-electron chi connectivity index (χ3n) is 2.09. The molecule has 0 aliphatic heterocycles. The zero-order valence-corrected chi connectivity index (χ0v) is 9.07. The van der Waals surface area contributed by atoms with Crippen LogP contribution in [0.2, 0.25) is 0 Å². The van der Waals surface area contributed by atoms with Crippen molar-refractivity contribution in [3.05, 3.63) is 23.7 Å². The molecule has 0 spiro atoms. The van der Waals surface area contributed by atoms with Crippen molar-refractivity contribution in [2.24, 2.45) is 5.92 Å². The molecule has 4 heteroatoms. The Hall–Kier alpha value is -1.76. The maximum atomic E-state index is 11.6. The summed E-state index contributed by atoms with van der Waals surface area (Å²) in [6.45, 7) is 5.53. The number of aryl methyl sites for hydroxylation is 1. The highest BCUT2D eigenvalue weighted by Crippen LogP contribution is 2.07. The van der Waals surface area contributed by atoms with Gasteiger partial charge in [-0.15, -0.1) is 0 Å². The lowest BCUT2D eigenvalue weighted by Gasteiger charge is -2.13. The molecule has 1 aromatic heterocycles. The molecule has 0 fully saturated rings. The van der Waals surface area contributed by atoms with Crippen LogP contribution in [0.4, 0.5) is 0 Å². The van der Waals surface area contributed by atoms with Crippen LogP contribution in [0.25, 0.3) is 0 Å². The minimum absolute atomic E-state index is 0.0898. The highest BCUT2D eigenvalue weighted by atomic mass is 16.3. The monoisotopic (exact) mass is 206 g/mol. The van der Waals surface area contributed by atoms with Crippen molar-refractivity contribution >= 4 is 5.91 Å². The molecule has 0 saturated heterocycles. The molecule has 1 amide bonds. The van der Waals surface area contributed by atoms with Gasteiger partial charge in [-0.2, -0.15) is 5.26 Å². The lowest BCUT2D eigenvalue weighted by Crippen LogP contribution is -2.37. The number of nitrogens with zero attached hydrogens (tertiary/aromatic N) is 1. The van der Waals surface area contributed by atoms with Crippen molar-refractivity contribution < 1.29 is 9.21 Å². The Morgan fingerprint density at radius 2 is 2.27 bits per heavy atom. The van der Waals surface area contributed by atoms with Crippen molar-refractivity contribution in [2.75, 3.05) is 0 Å². The van der Waals surface area contributed by atoms with Crippen LogP contribution >= 0.6 is 0 Å². The number of nitrogens with one attached hydrogen (secondary N) is 1. The van der Waals surface area contributed by atoms with E-state index >= 15 is 0 Å². The predicted octanol–water partition coefficient (Wildman–Crippen LogP) is 1.87. The molecule has 0 saturated carbocycles. The van der Waals surface area contributed by atoms with Crippen LogP contribution in [0.15, 0.2) is 16.7 Å². The molecular formula is C11H14N2O2. The quantitative estimate of drug-likeness (QED) is 0.820. The molecule has 1 aromatic rings. The molecule has 1 N–H and O–H groups in total. The smallest absolute Gasteiger partial charge is 0.255 e. The van der Waals surface area contributed by atoms with E-state index in [4.69, 9.17) is 9.68 Å². The van der Waals surface area contributed by atoms with Gasteiger partial charge in [-0.25, -0.2) is 0 Å². The first-order valence-corrected chi connectivity index (χ1v) is 4.80. The molecule has 0 radical (unpaired) electrons. The van der Waals surface area contributed by atoms with Gasteiger partial charge in [0.1, 0.15) is 18.1 Å². The van der Waals surface area contributed by atoms with Gasteiger partial charge in [0.15, 0.2) is 0 Å². The van der Waals surface area contributed by atoms with Crippen molar-refractivity contribution in [1.82, 2.24) is 5.32 Å². The minimum Gasteiger partial charge on any atom is -0.469 e. The summed E-state index contributed by atoms with van der Waals surface area (Å²) in [6.07, 6.45) is 1.39. The summed E-state index contributed by atoms with van der Waals surface area (Å²) >= 11 is 0. The van der Waals surface area contributed by atoms with Gasteiger partial charge < -0.3 is 9.73 Å². The van der Waals surface area contributed by atoms with Gasteiger partial charge in [0.2, 0.25) is 0 Å². The third kappa shape index (κ3) is 2.84. The van der Waals surface area contributed by atoms with Crippen LogP contribution < -0.4 is 5.32 Å². The first kappa shape index (κ1) is 11.3. The van der Waals surface area contributed by atoms with Gasteiger partial charge in [0.05, 0.1) is 11.6 Å². The van der Waals surface area contributed by atoms with Crippen LogP contribution in [0.5, 0.6) is 0 Å². The van der Waals surface area contributed by atoms with Crippen molar-refractivity contribution in [3.8, 4) is 6.07 Å². The highest BCUT2D eigenvalue weighted by molar-refractivity contribution is 5.94. The van der Waals surface area contributed by atoms with Crippen LogP contribution in [0, 0.1) is 24.2 Å². The summed E-state index contributed by atoms with van der Waals surface area (Å²) in [4.78, 5) is 11.6. The van der Waals surface area contributed by atoms with Crippen LogP contribution in [0.3, 0.4) is 0 Å². The second-order valence-electron chi connectivity index (χ2n) is 3.77. The lowest BCUT2D eigenvalue weighted by molar-refractivity contribution is 0.0937. The molecule has 0 aliphatic rings. The molecule has 0 aromatic carbocycles. The van der Waals surface area contributed by atoms with E-state index < -0.39 is 6.04 Å². The van der Waals surface area contributed by atoms with E-state index in [-0.39, 0.29) is 11.8 Å². The number of carbonyl (C=O) groups is 1. The Morgan fingerprint density at radius 1 is 1.60 bits per heavy atom. The molecular weight excluding hydrogens is 192 g/mol. The normalized spacial score (nSPS) is 12.2. The predicted molar refractivity (Wildman–Crippen MR) is 55.2 cm³/mol. The molecule has 4 nitrogen and oxygen atoms in total. The molecule has 80 valence electrons. The number of amides is 1. The van der Waals surface area contributed by atoms with Crippen LogP contribution in [-0.2, 0) is 0 Å². The second kappa shape index (κ2) is 4.65. The SMILES string of the molecule is Cc1cc(C(=O)NC(C#N)C(C)C)co1. The van der Waals surface area contributed by atoms with Gasteiger partial charge in [-0.3, -0.25) is 4.79 Å². The van der Waals surface area contributed by atoms with E-state index in [1.54, 1.807) is 13.0 Å². The molecule has 1 unspecified atom stereocenters. The molecule has 15 heavy (non-hydrogen) atoms. The topological polar surface area (TPSA) is 66.0 Å². The molecule has 1 atom stereocenters. The first-order chi connectivity index (χ1) is 7.04. The van der Waals surface area contributed by atoms with Crippen molar-refractivity contribution in [2.45, 2.75) is 26.8 Å². The summed E-state index contributed by atoms with van der Waals surface area (Å²) in [7, 11) is 0. The summed E-state index contributed by atoms with van der Waals surface area (Å²) in [6, 6.07) is 3.22. The number of furan rings is 1. The molecule has 1 rings (SSSR count). The van der Waals surface area contributed by atoms with E-state index in [0.29, 0.717) is 11.3 Å². The van der Waals surface area contributed by atoms with Gasteiger partial charge in [-0.1, -0.05) is 13.8 Å². The van der Waals surface area contributed by atoms with Crippen LogP contribution in [-0.4, -0.2) is 11.9 Å². The number of nitriles is 1. The molecule has 0 bridgehead atoms. The third-order valence-corrected chi connectivity index (χ3v) is 2.09. The van der Waals surface area contributed by atoms with Crippen LogP contribution in [0.1, 0.15) is 30.0 Å². The fourth-order valence-electron chi connectivity index (χ4n) is 1.14. The Bertz CT molecular complexity index is 388. The highest BCUT2D eigenvalue weighted by Gasteiger charge is 2.17. The van der Waals surface area contributed by atoms with E-state index in [1.165, 1.54) is 6.26 Å². The zero-order chi connectivity index (χ0) is 11.4. The molecule has 1 heterocycles. The lowest BCUT2D eigenvalue weighted by atomic mass is 10.1. The second-order valence-corrected chi connectivity index (χ2v) is 3.77. The number of hydrogen-bond acceptors (Lipinski definition) is 3. The first-order valence-electron chi connectivity index (χ1n) is 4.80. The van der Waals surface area contributed by atoms with Crippen molar-refractivity contribution in [3.63, 3.8) is 0 Å². The summed E-state index contributed by atoms with van der Waals surface area (Å²) in [5.74, 6) is 0.497. The maximum Gasteiger partial charge on any atom is 0.255 e. The number of carbonyl (C=O) groups excluding carboxylic acids is 1. The fourth-order valence-corrected chi connectivity index (χ4v) is 1.14. The van der Waals surface area contributed by atoms with E-state index in [1.807, 2.05) is 19.9 Å².